The van der Waals surface area contributed by atoms with Gasteiger partial charge in [-0.3, -0.25) is 0 Å². The minimum absolute atomic E-state index is 0.0860. The SMILES string of the molecule is CCN(CCC#N)S(=O)(=O)Cc1cccc(N)c1. The number of nitrogens with two attached hydrogens (primary N) is 1. The smallest absolute Gasteiger partial charge is 0.218 e. The van der Waals surface area contributed by atoms with Gasteiger partial charge < -0.3 is 5.73 Å². The Kier molecular flexibility index (Phi) is 5.13. The van der Waals surface area contributed by atoms with Crippen molar-refractivity contribution in [3.63, 3.8) is 0 Å². The van der Waals surface area contributed by atoms with E-state index in [0.717, 1.165) is 0 Å². The number of rotatable bonds is 6. The molecule has 0 aliphatic heterocycles. The number of nitrogen functional groups attached to an aromatic ring is 1. The maximum atomic E-state index is 12.1. The predicted molar refractivity (Wildman–Crippen MR) is 71.0 cm³/mol. The molecule has 0 radical (unpaired) electrons. The van der Waals surface area contributed by atoms with Gasteiger partial charge in [0.05, 0.1) is 11.8 Å². The van der Waals surface area contributed by atoms with Crippen molar-refractivity contribution in [1.82, 2.24) is 4.31 Å². The molecule has 5 nitrogen and oxygen atoms in total. The van der Waals surface area contributed by atoms with Gasteiger partial charge >= 0.3 is 0 Å². The van der Waals surface area contributed by atoms with E-state index in [2.05, 4.69) is 0 Å². The molecule has 0 aliphatic rings. The summed E-state index contributed by atoms with van der Waals surface area (Å²) in [7, 11) is -3.39. The van der Waals surface area contributed by atoms with Crippen LogP contribution in [0.5, 0.6) is 0 Å². The third-order valence-corrected chi connectivity index (χ3v) is 4.44. The van der Waals surface area contributed by atoms with Crippen LogP contribution in [0.1, 0.15) is 18.9 Å². The normalized spacial score (nSPS) is 11.4. The van der Waals surface area contributed by atoms with Gasteiger partial charge in [-0.1, -0.05) is 19.1 Å². The third kappa shape index (κ3) is 4.02. The molecule has 0 amide bonds. The molecule has 1 rings (SSSR count). The van der Waals surface area contributed by atoms with Crippen LogP contribution in [0.25, 0.3) is 0 Å². The van der Waals surface area contributed by atoms with Crippen molar-refractivity contribution in [2.24, 2.45) is 0 Å². The maximum absolute atomic E-state index is 12.1. The van der Waals surface area contributed by atoms with Gasteiger partial charge in [0, 0.05) is 25.2 Å². The first kappa shape index (κ1) is 14.5. The fourth-order valence-corrected chi connectivity index (χ4v) is 3.20. The van der Waals surface area contributed by atoms with Gasteiger partial charge in [0.1, 0.15) is 0 Å². The number of nitriles is 1. The molecule has 0 fully saturated rings. The van der Waals surface area contributed by atoms with Crippen LogP contribution in [-0.2, 0) is 15.8 Å². The number of benzene rings is 1. The molecule has 6 heteroatoms. The Balaban J connectivity index is 2.83. The molecule has 0 atom stereocenters. The summed E-state index contributed by atoms with van der Waals surface area (Å²) in [6.07, 6.45) is 0.198. The predicted octanol–water partition coefficient (Wildman–Crippen LogP) is 1.33. The van der Waals surface area contributed by atoms with Gasteiger partial charge in [-0.2, -0.15) is 5.26 Å². The van der Waals surface area contributed by atoms with Crippen LogP contribution in [0.3, 0.4) is 0 Å². The second kappa shape index (κ2) is 6.38. The standard InChI is InChI=1S/C12H17N3O2S/c1-2-15(8-4-7-13)18(16,17)10-11-5-3-6-12(14)9-11/h3,5-6,9H,2,4,8,10,14H2,1H3. The van der Waals surface area contributed by atoms with Crippen molar-refractivity contribution in [2.45, 2.75) is 19.1 Å². The summed E-state index contributed by atoms with van der Waals surface area (Å²) in [6, 6.07) is 8.77. The Bertz CT molecular complexity index is 534. The van der Waals surface area contributed by atoms with Crippen LogP contribution >= 0.6 is 0 Å². The number of anilines is 1. The highest BCUT2D eigenvalue weighted by Crippen LogP contribution is 2.13. The van der Waals surface area contributed by atoms with Crippen LogP contribution < -0.4 is 5.73 Å². The number of nitrogens with zero attached hydrogens (tertiary/aromatic N) is 2. The lowest BCUT2D eigenvalue weighted by Crippen LogP contribution is -2.32. The van der Waals surface area contributed by atoms with E-state index in [9.17, 15) is 8.42 Å². The zero-order valence-electron chi connectivity index (χ0n) is 10.3. The summed E-state index contributed by atoms with van der Waals surface area (Å²) in [4.78, 5) is 0. The van der Waals surface area contributed by atoms with Crippen LogP contribution in [-0.4, -0.2) is 25.8 Å². The molecule has 2 N–H and O–H groups in total. The number of hydrogen-bond acceptors (Lipinski definition) is 4. The van der Waals surface area contributed by atoms with Crippen molar-refractivity contribution in [2.75, 3.05) is 18.8 Å². The summed E-state index contributed by atoms with van der Waals surface area (Å²) >= 11 is 0. The molecule has 0 bridgehead atoms. The average molecular weight is 267 g/mol. The van der Waals surface area contributed by atoms with E-state index in [1.165, 1.54) is 4.31 Å². The summed E-state index contributed by atoms with van der Waals surface area (Å²) in [5, 5.41) is 8.51. The topological polar surface area (TPSA) is 87.2 Å². The molecule has 0 unspecified atom stereocenters. The van der Waals surface area contributed by atoms with Crippen LogP contribution in [0.4, 0.5) is 5.69 Å². The molecular formula is C12H17N3O2S. The fraction of sp³-hybridized carbons (Fsp3) is 0.417. The molecule has 98 valence electrons. The first-order chi connectivity index (χ1) is 8.49. The highest BCUT2D eigenvalue weighted by atomic mass is 32.2. The molecule has 0 heterocycles. The lowest BCUT2D eigenvalue weighted by molar-refractivity contribution is 0.434. The lowest BCUT2D eigenvalue weighted by atomic mass is 10.2. The zero-order chi connectivity index (χ0) is 13.6. The molecule has 0 saturated heterocycles. The van der Waals surface area contributed by atoms with E-state index < -0.39 is 10.0 Å². The highest BCUT2D eigenvalue weighted by Gasteiger charge is 2.20. The Labute approximate surface area is 108 Å². The first-order valence-corrected chi connectivity index (χ1v) is 7.29. The second-order valence-corrected chi connectivity index (χ2v) is 5.87. The lowest BCUT2D eigenvalue weighted by Gasteiger charge is -2.19. The van der Waals surface area contributed by atoms with Crippen molar-refractivity contribution >= 4 is 15.7 Å². The molecular weight excluding hydrogens is 250 g/mol. The van der Waals surface area contributed by atoms with Crippen molar-refractivity contribution in [3.05, 3.63) is 29.8 Å². The molecule has 0 aromatic heterocycles. The average Bonchev–Trinajstić information content (AvgIpc) is 2.29. The van der Waals surface area contributed by atoms with Gasteiger partial charge in [0.25, 0.3) is 0 Å². The number of sulfonamides is 1. The molecule has 1 aromatic carbocycles. The quantitative estimate of drug-likeness (QED) is 0.788. The zero-order valence-corrected chi connectivity index (χ0v) is 11.2. The highest BCUT2D eigenvalue weighted by molar-refractivity contribution is 7.88. The van der Waals surface area contributed by atoms with E-state index in [1.54, 1.807) is 31.2 Å². The van der Waals surface area contributed by atoms with E-state index >= 15 is 0 Å². The van der Waals surface area contributed by atoms with Gasteiger partial charge in [0.15, 0.2) is 0 Å². The van der Waals surface area contributed by atoms with Crippen molar-refractivity contribution in [1.29, 1.82) is 5.26 Å². The van der Waals surface area contributed by atoms with Crippen LogP contribution in [0, 0.1) is 11.3 Å². The first-order valence-electron chi connectivity index (χ1n) is 5.68. The van der Waals surface area contributed by atoms with Crippen molar-refractivity contribution in [3.8, 4) is 6.07 Å². The maximum Gasteiger partial charge on any atom is 0.218 e. The monoisotopic (exact) mass is 267 g/mol. The Hall–Kier alpha value is -1.58. The Morgan fingerprint density at radius 1 is 1.44 bits per heavy atom. The molecule has 1 aromatic rings. The van der Waals surface area contributed by atoms with E-state index in [0.29, 0.717) is 17.8 Å². The molecule has 0 aliphatic carbocycles. The molecule has 0 spiro atoms. The van der Waals surface area contributed by atoms with Crippen molar-refractivity contribution < 1.29 is 8.42 Å². The van der Waals surface area contributed by atoms with E-state index in [4.69, 9.17) is 11.0 Å². The van der Waals surface area contributed by atoms with Gasteiger partial charge in [-0.15, -0.1) is 0 Å². The largest absolute Gasteiger partial charge is 0.399 e. The van der Waals surface area contributed by atoms with Gasteiger partial charge in [-0.05, 0) is 17.7 Å². The van der Waals surface area contributed by atoms with E-state index in [1.807, 2.05) is 6.07 Å². The van der Waals surface area contributed by atoms with E-state index in [-0.39, 0.29) is 18.7 Å². The Morgan fingerprint density at radius 2 is 2.17 bits per heavy atom. The van der Waals surface area contributed by atoms with Crippen LogP contribution in [0.2, 0.25) is 0 Å². The molecule has 0 saturated carbocycles. The number of hydrogen-bond donors (Lipinski definition) is 1. The summed E-state index contributed by atoms with van der Waals surface area (Å²) in [5.74, 6) is -0.0860. The fourth-order valence-electron chi connectivity index (χ4n) is 1.65. The van der Waals surface area contributed by atoms with Gasteiger partial charge in [0.2, 0.25) is 10.0 Å². The van der Waals surface area contributed by atoms with Crippen LogP contribution in [0.15, 0.2) is 24.3 Å². The minimum atomic E-state index is -3.39. The minimum Gasteiger partial charge on any atom is -0.399 e. The molecule has 18 heavy (non-hydrogen) atoms. The summed E-state index contributed by atoms with van der Waals surface area (Å²) in [5.41, 5.74) is 6.82. The summed E-state index contributed by atoms with van der Waals surface area (Å²) in [6.45, 7) is 2.36. The third-order valence-electron chi connectivity index (χ3n) is 2.52. The van der Waals surface area contributed by atoms with Gasteiger partial charge in [-0.25, -0.2) is 12.7 Å². The summed E-state index contributed by atoms with van der Waals surface area (Å²) < 4.78 is 25.6. The Morgan fingerprint density at radius 3 is 2.72 bits per heavy atom. The second-order valence-electron chi connectivity index (χ2n) is 3.90.